The molecule has 0 saturated carbocycles. The first-order valence-corrected chi connectivity index (χ1v) is 5.06. The van der Waals surface area contributed by atoms with Gasteiger partial charge < -0.3 is 10.4 Å². The van der Waals surface area contributed by atoms with Crippen molar-refractivity contribution in [2.24, 2.45) is 5.41 Å². The van der Waals surface area contributed by atoms with Gasteiger partial charge in [0.2, 0.25) is 0 Å². The van der Waals surface area contributed by atoms with Gasteiger partial charge in [0.15, 0.2) is 0 Å². The van der Waals surface area contributed by atoms with Crippen LogP contribution in [-0.2, 0) is 0 Å². The van der Waals surface area contributed by atoms with Crippen LogP contribution in [0.15, 0.2) is 18.2 Å². The largest absolute Gasteiger partial charge is 0.478 e. The molecule has 1 rings (SSSR count). The van der Waals surface area contributed by atoms with Gasteiger partial charge in [-0.15, -0.1) is 0 Å². The van der Waals surface area contributed by atoms with Gasteiger partial charge in [-0.1, -0.05) is 20.8 Å². The van der Waals surface area contributed by atoms with E-state index in [1.54, 1.807) is 6.07 Å². The third-order valence-corrected chi connectivity index (χ3v) is 2.02. The lowest BCUT2D eigenvalue weighted by Crippen LogP contribution is -2.19. The zero-order valence-corrected chi connectivity index (χ0v) is 9.67. The highest BCUT2D eigenvalue weighted by Gasteiger charge is 2.12. The summed E-state index contributed by atoms with van der Waals surface area (Å²) in [7, 11) is 0. The van der Waals surface area contributed by atoms with Crippen molar-refractivity contribution in [2.45, 2.75) is 20.8 Å². The molecule has 0 aromatic heterocycles. The summed E-state index contributed by atoms with van der Waals surface area (Å²) in [5.74, 6) is -1.97. The monoisotopic (exact) mass is 225 g/mol. The molecule has 0 bridgehead atoms. The molecule has 0 fully saturated rings. The number of carboxylic acid groups (broad SMARTS) is 1. The maximum atomic E-state index is 13.3. The maximum absolute atomic E-state index is 13.3. The van der Waals surface area contributed by atoms with Gasteiger partial charge >= 0.3 is 5.97 Å². The molecule has 4 heteroatoms. The van der Waals surface area contributed by atoms with Gasteiger partial charge in [-0.05, 0) is 23.6 Å². The summed E-state index contributed by atoms with van der Waals surface area (Å²) in [5, 5.41) is 11.7. The molecule has 0 spiro atoms. The van der Waals surface area contributed by atoms with Crippen molar-refractivity contribution in [2.75, 3.05) is 11.9 Å². The third-order valence-electron chi connectivity index (χ3n) is 2.02. The van der Waals surface area contributed by atoms with Gasteiger partial charge in [-0.25, -0.2) is 9.18 Å². The minimum Gasteiger partial charge on any atom is -0.478 e. The highest BCUT2D eigenvalue weighted by molar-refractivity contribution is 5.88. The number of rotatable bonds is 3. The number of hydrogen-bond donors (Lipinski definition) is 2. The van der Waals surface area contributed by atoms with Crippen LogP contribution in [0.25, 0.3) is 0 Å². The summed E-state index contributed by atoms with van der Waals surface area (Å²) >= 11 is 0. The van der Waals surface area contributed by atoms with Crippen molar-refractivity contribution in [3.63, 3.8) is 0 Å². The van der Waals surface area contributed by atoms with E-state index in [-0.39, 0.29) is 11.0 Å². The lowest BCUT2D eigenvalue weighted by molar-refractivity contribution is 0.0692. The Labute approximate surface area is 94.3 Å². The molecule has 0 amide bonds. The molecule has 0 unspecified atom stereocenters. The summed E-state index contributed by atoms with van der Waals surface area (Å²) < 4.78 is 13.3. The Balaban J connectivity index is 2.78. The van der Waals surface area contributed by atoms with Crippen LogP contribution in [0, 0.1) is 11.2 Å². The molecule has 3 nitrogen and oxygen atoms in total. The first kappa shape index (κ1) is 12.5. The molecule has 0 saturated heterocycles. The second kappa shape index (κ2) is 4.51. The number of anilines is 1. The zero-order valence-electron chi connectivity index (χ0n) is 9.67. The van der Waals surface area contributed by atoms with Gasteiger partial charge in [-0.2, -0.15) is 0 Å². The molecule has 2 N–H and O–H groups in total. The van der Waals surface area contributed by atoms with Crippen LogP contribution in [0.5, 0.6) is 0 Å². The van der Waals surface area contributed by atoms with E-state index < -0.39 is 11.8 Å². The summed E-state index contributed by atoms with van der Waals surface area (Å²) in [6.07, 6.45) is 0. The Morgan fingerprint density at radius 2 is 2.06 bits per heavy atom. The van der Waals surface area contributed by atoms with Crippen LogP contribution >= 0.6 is 0 Å². The van der Waals surface area contributed by atoms with E-state index in [1.165, 1.54) is 12.1 Å². The van der Waals surface area contributed by atoms with Crippen molar-refractivity contribution < 1.29 is 14.3 Å². The SMILES string of the molecule is CC(C)(C)CNc1ccc(C(=O)O)c(F)c1. The normalized spacial score (nSPS) is 11.2. The molecular formula is C12H16FNO2. The first-order chi connectivity index (χ1) is 7.29. The Bertz CT molecular complexity index is 396. The average Bonchev–Trinajstić information content (AvgIpc) is 2.13. The standard InChI is InChI=1S/C12H16FNO2/c1-12(2,3)7-14-8-4-5-9(11(15)16)10(13)6-8/h4-6,14H,7H2,1-3H3,(H,15,16). The minimum atomic E-state index is -1.25. The van der Waals surface area contributed by atoms with E-state index in [2.05, 4.69) is 26.1 Å². The quantitative estimate of drug-likeness (QED) is 0.831. The molecule has 88 valence electrons. The van der Waals surface area contributed by atoms with Crippen molar-refractivity contribution in [3.05, 3.63) is 29.6 Å². The summed E-state index contributed by atoms with van der Waals surface area (Å²) in [6.45, 7) is 6.87. The molecule has 1 aromatic rings. The molecule has 0 aliphatic heterocycles. The molecule has 0 atom stereocenters. The maximum Gasteiger partial charge on any atom is 0.338 e. The second-order valence-electron chi connectivity index (χ2n) is 4.91. The summed E-state index contributed by atoms with van der Waals surface area (Å²) in [6, 6.07) is 4.04. The average molecular weight is 225 g/mol. The number of hydrogen-bond acceptors (Lipinski definition) is 2. The lowest BCUT2D eigenvalue weighted by Gasteiger charge is -2.19. The number of carbonyl (C=O) groups is 1. The Morgan fingerprint density at radius 1 is 1.44 bits per heavy atom. The highest BCUT2D eigenvalue weighted by Crippen LogP contribution is 2.18. The molecule has 0 heterocycles. The zero-order chi connectivity index (χ0) is 12.3. The van der Waals surface area contributed by atoms with Crippen LogP contribution in [0.2, 0.25) is 0 Å². The van der Waals surface area contributed by atoms with Crippen LogP contribution < -0.4 is 5.32 Å². The fraction of sp³-hybridized carbons (Fsp3) is 0.417. The van der Waals surface area contributed by atoms with E-state index in [0.29, 0.717) is 12.2 Å². The lowest BCUT2D eigenvalue weighted by atomic mass is 9.97. The number of carboxylic acids is 1. The van der Waals surface area contributed by atoms with E-state index in [0.717, 1.165) is 0 Å². The molecule has 0 aliphatic carbocycles. The number of nitrogens with one attached hydrogen (secondary N) is 1. The predicted octanol–water partition coefficient (Wildman–Crippen LogP) is 2.98. The smallest absolute Gasteiger partial charge is 0.338 e. The van der Waals surface area contributed by atoms with Gasteiger partial charge in [0.1, 0.15) is 5.82 Å². The molecule has 1 aromatic carbocycles. The Kier molecular flexibility index (Phi) is 3.52. The fourth-order valence-electron chi connectivity index (χ4n) is 1.17. The van der Waals surface area contributed by atoms with E-state index in [4.69, 9.17) is 5.11 Å². The third kappa shape index (κ3) is 3.53. The predicted molar refractivity (Wildman–Crippen MR) is 61.3 cm³/mol. The first-order valence-electron chi connectivity index (χ1n) is 5.06. The fourth-order valence-corrected chi connectivity index (χ4v) is 1.17. The topological polar surface area (TPSA) is 49.3 Å². The molecule has 0 radical (unpaired) electrons. The molecular weight excluding hydrogens is 209 g/mol. The Morgan fingerprint density at radius 3 is 2.50 bits per heavy atom. The minimum absolute atomic E-state index is 0.0853. The number of benzene rings is 1. The van der Waals surface area contributed by atoms with Crippen LogP contribution in [0.3, 0.4) is 0 Å². The van der Waals surface area contributed by atoms with Gasteiger partial charge in [-0.3, -0.25) is 0 Å². The van der Waals surface area contributed by atoms with Crippen LogP contribution in [0.4, 0.5) is 10.1 Å². The molecule has 16 heavy (non-hydrogen) atoms. The van der Waals surface area contributed by atoms with Crippen LogP contribution in [-0.4, -0.2) is 17.6 Å². The van der Waals surface area contributed by atoms with Gasteiger partial charge in [0.25, 0.3) is 0 Å². The second-order valence-corrected chi connectivity index (χ2v) is 4.91. The number of aromatic carboxylic acids is 1. The van der Waals surface area contributed by atoms with Gasteiger partial charge in [0.05, 0.1) is 5.56 Å². The van der Waals surface area contributed by atoms with E-state index >= 15 is 0 Å². The molecule has 0 aliphatic rings. The van der Waals surface area contributed by atoms with E-state index in [1.807, 2.05) is 0 Å². The van der Waals surface area contributed by atoms with Gasteiger partial charge in [0, 0.05) is 12.2 Å². The van der Waals surface area contributed by atoms with Crippen molar-refractivity contribution in [1.29, 1.82) is 0 Å². The summed E-state index contributed by atoms with van der Waals surface area (Å²) in [4.78, 5) is 10.6. The van der Waals surface area contributed by atoms with Crippen LogP contribution in [0.1, 0.15) is 31.1 Å². The van der Waals surface area contributed by atoms with Crippen molar-refractivity contribution >= 4 is 11.7 Å². The summed E-state index contributed by atoms with van der Waals surface area (Å²) in [5.41, 5.74) is 0.376. The number of halogens is 1. The van der Waals surface area contributed by atoms with Crippen molar-refractivity contribution in [3.8, 4) is 0 Å². The van der Waals surface area contributed by atoms with E-state index in [9.17, 15) is 9.18 Å². The van der Waals surface area contributed by atoms with Crippen molar-refractivity contribution in [1.82, 2.24) is 0 Å². The highest BCUT2D eigenvalue weighted by atomic mass is 19.1. The Hall–Kier alpha value is -1.58.